The van der Waals surface area contributed by atoms with E-state index in [1.165, 1.54) is 5.56 Å². The van der Waals surface area contributed by atoms with Crippen molar-refractivity contribution in [2.75, 3.05) is 7.11 Å². The molecule has 0 amide bonds. The minimum Gasteiger partial charge on any atom is -0.497 e. The molecule has 0 saturated carbocycles. The van der Waals surface area contributed by atoms with Crippen molar-refractivity contribution in [1.29, 1.82) is 0 Å². The van der Waals surface area contributed by atoms with Gasteiger partial charge in [0.2, 0.25) is 0 Å². The maximum atomic E-state index is 12.4. The van der Waals surface area contributed by atoms with Crippen molar-refractivity contribution >= 4 is 5.97 Å². The SMILES string of the molecule is COc1cccc(CCC[C@@H](O)[C@@H](CC(=O)OC(C)(C)C)Cc2ccccc2)c1. The van der Waals surface area contributed by atoms with Gasteiger partial charge in [-0.25, -0.2) is 0 Å². The first kappa shape index (κ1) is 23.0. The number of benzene rings is 2. The van der Waals surface area contributed by atoms with E-state index >= 15 is 0 Å². The average Bonchev–Trinajstić information content (AvgIpc) is 2.67. The van der Waals surface area contributed by atoms with Crippen LogP contribution in [0.4, 0.5) is 0 Å². The van der Waals surface area contributed by atoms with Crippen LogP contribution < -0.4 is 4.74 Å². The Bertz CT molecular complexity index is 749. The van der Waals surface area contributed by atoms with E-state index in [0.717, 1.165) is 24.2 Å². The molecular formula is C25H34O4. The first-order valence-corrected chi connectivity index (χ1v) is 10.3. The van der Waals surface area contributed by atoms with Crippen molar-refractivity contribution in [1.82, 2.24) is 0 Å². The van der Waals surface area contributed by atoms with Crippen LogP contribution in [-0.2, 0) is 22.4 Å². The van der Waals surface area contributed by atoms with Crippen LogP contribution in [0.5, 0.6) is 5.75 Å². The Labute approximate surface area is 174 Å². The molecule has 0 spiro atoms. The highest BCUT2D eigenvalue weighted by Crippen LogP contribution is 2.23. The maximum Gasteiger partial charge on any atom is 0.306 e. The Balaban J connectivity index is 1.97. The van der Waals surface area contributed by atoms with Crippen molar-refractivity contribution in [3.05, 3.63) is 65.7 Å². The van der Waals surface area contributed by atoms with E-state index in [2.05, 4.69) is 6.07 Å². The summed E-state index contributed by atoms with van der Waals surface area (Å²) < 4.78 is 10.8. The zero-order valence-electron chi connectivity index (χ0n) is 18.1. The van der Waals surface area contributed by atoms with Gasteiger partial charge in [0.25, 0.3) is 0 Å². The van der Waals surface area contributed by atoms with Crippen molar-refractivity contribution < 1.29 is 19.4 Å². The van der Waals surface area contributed by atoms with Crippen molar-refractivity contribution in [2.45, 2.75) is 64.6 Å². The zero-order valence-corrected chi connectivity index (χ0v) is 18.1. The van der Waals surface area contributed by atoms with E-state index in [0.29, 0.717) is 12.8 Å². The van der Waals surface area contributed by atoms with Crippen LogP contribution in [0.3, 0.4) is 0 Å². The lowest BCUT2D eigenvalue weighted by Crippen LogP contribution is -2.30. The molecule has 2 rings (SSSR count). The quantitative estimate of drug-likeness (QED) is 0.574. The van der Waals surface area contributed by atoms with Crippen LogP contribution in [-0.4, -0.2) is 29.9 Å². The zero-order chi connectivity index (χ0) is 21.3. The summed E-state index contributed by atoms with van der Waals surface area (Å²) in [6, 6.07) is 18.0. The fourth-order valence-electron chi connectivity index (χ4n) is 3.44. The Kier molecular flexibility index (Phi) is 8.71. The lowest BCUT2D eigenvalue weighted by molar-refractivity contribution is -0.157. The van der Waals surface area contributed by atoms with Gasteiger partial charge in [0.15, 0.2) is 0 Å². The molecule has 0 bridgehead atoms. The molecule has 0 unspecified atom stereocenters. The predicted octanol–water partition coefficient (Wildman–Crippen LogP) is 4.97. The van der Waals surface area contributed by atoms with Crippen LogP contribution in [0.15, 0.2) is 54.6 Å². The largest absolute Gasteiger partial charge is 0.497 e. The average molecular weight is 399 g/mol. The van der Waals surface area contributed by atoms with E-state index in [9.17, 15) is 9.90 Å². The maximum absolute atomic E-state index is 12.4. The van der Waals surface area contributed by atoms with Gasteiger partial charge in [0.1, 0.15) is 11.4 Å². The number of aryl methyl sites for hydroxylation is 1. The minimum atomic E-state index is -0.562. The summed E-state index contributed by atoms with van der Waals surface area (Å²) in [6.45, 7) is 5.59. The van der Waals surface area contributed by atoms with Crippen LogP contribution in [0.1, 0.15) is 51.2 Å². The molecule has 2 aromatic carbocycles. The van der Waals surface area contributed by atoms with Gasteiger partial charge >= 0.3 is 5.97 Å². The monoisotopic (exact) mass is 398 g/mol. The summed E-state index contributed by atoms with van der Waals surface area (Å²) in [6.07, 6.45) is 2.64. The summed E-state index contributed by atoms with van der Waals surface area (Å²) in [7, 11) is 1.66. The number of carbonyl (C=O) groups is 1. The van der Waals surface area contributed by atoms with Crippen molar-refractivity contribution in [2.24, 2.45) is 5.92 Å². The molecule has 0 fully saturated rings. The van der Waals surface area contributed by atoms with Gasteiger partial charge in [-0.05, 0) is 75.6 Å². The van der Waals surface area contributed by atoms with Crippen LogP contribution in [0.2, 0.25) is 0 Å². The van der Waals surface area contributed by atoms with E-state index < -0.39 is 11.7 Å². The number of rotatable bonds is 10. The third-order valence-electron chi connectivity index (χ3n) is 4.83. The van der Waals surface area contributed by atoms with Gasteiger partial charge in [-0.3, -0.25) is 4.79 Å². The predicted molar refractivity (Wildman–Crippen MR) is 116 cm³/mol. The highest BCUT2D eigenvalue weighted by Gasteiger charge is 2.25. The molecule has 29 heavy (non-hydrogen) atoms. The standard InChI is InChI=1S/C25H34O4/c1-25(2,3)29-24(27)18-21(16-19-10-6-5-7-11-19)23(26)15-9-13-20-12-8-14-22(17-20)28-4/h5-8,10-12,14,17,21,23,26H,9,13,15-16,18H2,1-4H3/t21-,23-/m1/s1. The Morgan fingerprint density at radius 3 is 2.38 bits per heavy atom. The molecule has 158 valence electrons. The van der Waals surface area contributed by atoms with Crippen molar-refractivity contribution in [3.8, 4) is 5.75 Å². The second-order valence-electron chi connectivity index (χ2n) is 8.55. The van der Waals surface area contributed by atoms with Gasteiger partial charge in [-0.15, -0.1) is 0 Å². The molecular weight excluding hydrogens is 364 g/mol. The molecule has 4 nitrogen and oxygen atoms in total. The van der Waals surface area contributed by atoms with E-state index in [1.54, 1.807) is 7.11 Å². The van der Waals surface area contributed by atoms with Crippen molar-refractivity contribution in [3.63, 3.8) is 0 Å². The Morgan fingerprint density at radius 2 is 1.72 bits per heavy atom. The molecule has 0 heterocycles. The number of aliphatic hydroxyl groups is 1. The lowest BCUT2D eigenvalue weighted by Gasteiger charge is -2.25. The van der Waals surface area contributed by atoms with E-state index in [4.69, 9.17) is 9.47 Å². The number of carbonyl (C=O) groups excluding carboxylic acids is 1. The number of esters is 1. The molecule has 1 N–H and O–H groups in total. The molecule has 2 aromatic rings. The highest BCUT2D eigenvalue weighted by atomic mass is 16.6. The molecule has 4 heteroatoms. The van der Waals surface area contributed by atoms with Gasteiger partial charge < -0.3 is 14.6 Å². The minimum absolute atomic E-state index is 0.169. The van der Waals surface area contributed by atoms with Gasteiger partial charge in [0.05, 0.1) is 19.6 Å². The number of hydrogen-bond acceptors (Lipinski definition) is 4. The van der Waals surface area contributed by atoms with Gasteiger partial charge in [-0.1, -0.05) is 42.5 Å². The van der Waals surface area contributed by atoms with Gasteiger partial charge in [-0.2, -0.15) is 0 Å². The van der Waals surface area contributed by atoms with Crippen LogP contribution in [0.25, 0.3) is 0 Å². The number of methoxy groups -OCH3 is 1. The number of hydrogen-bond donors (Lipinski definition) is 1. The van der Waals surface area contributed by atoms with Crippen LogP contribution >= 0.6 is 0 Å². The number of ether oxygens (including phenoxy) is 2. The topological polar surface area (TPSA) is 55.8 Å². The Hall–Kier alpha value is -2.33. The first-order chi connectivity index (χ1) is 13.8. The second-order valence-corrected chi connectivity index (χ2v) is 8.55. The molecule has 0 aromatic heterocycles. The number of aliphatic hydroxyl groups excluding tert-OH is 1. The van der Waals surface area contributed by atoms with Gasteiger partial charge in [0, 0.05) is 0 Å². The summed E-state index contributed by atoms with van der Waals surface area (Å²) in [4.78, 5) is 12.4. The molecule has 0 aliphatic carbocycles. The normalized spacial score (nSPS) is 13.6. The summed E-state index contributed by atoms with van der Waals surface area (Å²) in [5.41, 5.74) is 1.78. The summed E-state index contributed by atoms with van der Waals surface area (Å²) >= 11 is 0. The fraction of sp³-hybridized carbons (Fsp3) is 0.480. The Morgan fingerprint density at radius 1 is 1.03 bits per heavy atom. The van der Waals surface area contributed by atoms with E-state index in [-0.39, 0.29) is 18.3 Å². The molecule has 2 atom stereocenters. The van der Waals surface area contributed by atoms with E-state index in [1.807, 2.05) is 69.3 Å². The summed E-state index contributed by atoms with van der Waals surface area (Å²) in [5.74, 6) is 0.415. The molecule has 0 aliphatic heterocycles. The summed E-state index contributed by atoms with van der Waals surface area (Å²) in [5, 5.41) is 10.9. The molecule has 0 saturated heterocycles. The molecule has 0 aliphatic rings. The third kappa shape index (κ3) is 8.70. The first-order valence-electron chi connectivity index (χ1n) is 10.3. The molecule has 0 radical (unpaired) electrons. The second kappa shape index (κ2) is 11.0. The third-order valence-corrected chi connectivity index (χ3v) is 4.83. The lowest BCUT2D eigenvalue weighted by atomic mass is 9.88. The highest BCUT2D eigenvalue weighted by molar-refractivity contribution is 5.70. The fourth-order valence-corrected chi connectivity index (χ4v) is 3.44. The smallest absolute Gasteiger partial charge is 0.306 e. The van der Waals surface area contributed by atoms with Crippen LogP contribution in [0, 0.1) is 5.92 Å².